The molecule has 0 unspecified atom stereocenters. The molecule has 0 saturated carbocycles. The van der Waals surface area contributed by atoms with Gasteiger partial charge in [-0.15, -0.1) is 6.42 Å². The van der Waals surface area contributed by atoms with Crippen LogP contribution in [0.5, 0.6) is 0 Å². The van der Waals surface area contributed by atoms with Gasteiger partial charge in [-0.25, -0.2) is 4.79 Å². The second-order valence-electron chi connectivity index (χ2n) is 7.97. The van der Waals surface area contributed by atoms with Crippen molar-refractivity contribution < 1.29 is 14.7 Å². The SMILES string of the molecule is C#CCN(c1ccccc1)c1cc(C(=O)O)cc(C(=O)c2ccc(N(C)c3ccc(Cl)cc3)cn2)c1. The number of halogens is 1. The van der Waals surface area contributed by atoms with Crippen LogP contribution in [0.3, 0.4) is 0 Å². The Morgan fingerprint density at radius 3 is 2.17 bits per heavy atom. The maximum Gasteiger partial charge on any atom is 0.335 e. The topological polar surface area (TPSA) is 73.7 Å². The first-order valence-electron chi connectivity index (χ1n) is 11.0. The summed E-state index contributed by atoms with van der Waals surface area (Å²) in [6.45, 7) is 0.199. The predicted molar refractivity (Wildman–Crippen MR) is 143 cm³/mol. The first-order valence-corrected chi connectivity index (χ1v) is 11.4. The minimum absolute atomic E-state index is 0.0205. The van der Waals surface area contributed by atoms with Crippen LogP contribution in [0.15, 0.2) is 91.1 Å². The summed E-state index contributed by atoms with van der Waals surface area (Å²) in [7, 11) is 1.88. The lowest BCUT2D eigenvalue weighted by molar-refractivity contribution is 0.0697. The van der Waals surface area contributed by atoms with Gasteiger partial charge in [0.25, 0.3) is 0 Å². The fourth-order valence-corrected chi connectivity index (χ4v) is 3.86. The highest BCUT2D eigenvalue weighted by Gasteiger charge is 2.19. The van der Waals surface area contributed by atoms with Crippen molar-refractivity contribution in [1.82, 2.24) is 4.98 Å². The summed E-state index contributed by atoms with van der Waals surface area (Å²) < 4.78 is 0. The third-order valence-electron chi connectivity index (χ3n) is 5.64. The first kappa shape index (κ1) is 24.5. The zero-order chi connectivity index (χ0) is 25.7. The molecule has 0 amide bonds. The van der Waals surface area contributed by atoms with E-state index in [1.54, 1.807) is 41.4 Å². The average Bonchev–Trinajstić information content (AvgIpc) is 2.91. The Labute approximate surface area is 214 Å². The Morgan fingerprint density at radius 2 is 1.56 bits per heavy atom. The lowest BCUT2D eigenvalue weighted by Gasteiger charge is -2.23. The van der Waals surface area contributed by atoms with Crippen molar-refractivity contribution in [2.45, 2.75) is 0 Å². The van der Waals surface area contributed by atoms with Gasteiger partial charge in [0, 0.05) is 34.7 Å². The van der Waals surface area contributed by atoms with E-state index in [4.69, 9.17) is 18.0 Å². The van der Waals surface area contributed by atoms with E-state index in [2.05, 4.69) is 10.9 Å². The summed E-state index contributed by atoms with van der Waals surface area (Å²) in [6.07, 6.45) is 7.18. The molecule has 0 aliphatic carbocycles. The van der Waals surface area contributed by atoms with Crippen molar-refractivity contribution >= 4 is 46.1 Å². The molecule has 4 rings (SSSR count). The molecule has 0 spiro atoms. The minimum Gasteiger partial charge on any atom is -0.478 e. The highest BCUT2D eigenvalue weighted by atomic mass is 35.5. The molecular formula is C29H22ClN3O3. The number of benzene rings is 3. The number of nitrogens with zero attached hydrogens (tertiary/aromatic N) is 3. The fourth-order valence-electron chi connectivity index (χ4n) is 3.73. The van der Waals surface area contributed by atoms with E-state index in [1.807, 2.05) is 54.4 Å². The second kappa shape index (κ2) is 10.8. The van der Waals surface area contributed by atoms with E-state index in [1.165, 1.54) is 12.1 Å². The maximum absolute atomic E-state index is 13.3. The third kappa shape index (κ3) is 5.38. The molecule has 0 radical (unpaired) electrons. The van der Waals surface area contributed by atoms with Crippen LogP contribution in [0.25, 0.3) is 0 Å². The number of pyridine rings is 1. The zero-order valence-electron chi connectivity index (χ0n) is 19.4. The van der Waals surface area contributed by atoms with E-state index < -0.39 is 11.8 Å². The van der Waals surface area contributed by atoms with Crippen molar-refractivity contribution in [1.29, 1.82) is 0 Å². The molecule has 0 aliphatic rings. The van der Waals surface area contributed by atoms with Crippen LogP contribution in [-0.4, -0.2) is 35.4 Å². The summed E-state index contributed by atoms with van der Waals surface area (Å²) in [5.74, 6) is 1.06. The van der Waals surface area contributed by atoms with Crippen LogP contribution in [0, 0.1) is 12.3 Å². The van der Waals surface area contributed by atoms with Crippen molar-refractivity contribution in [2.24, 2.45) is 0 Å². The molecule has 0 aliphatic heterocycles. The minimum atomic E-state index is -1.15. The van der Waals surface area contributed by atoms with E-state index in [0.29, 0.717) is 10.7 Å². The molecule has 0 bridgehead atoms. The van der Waals surface area contributed by atoms with Gasteiger partial charge in [0.15, 0.2) is 0 Å². The number of carbonyl (C=O) groups is 2. The lowest BCUT2D eigenvalue weighted by Crippen LogP contribution is -2.18. The molecule has 3 aromatic carbocycles. The van der Waals surface area contributed by atoms with E-state index in [9.17, 15) is 14.7 Å². The Balaban J connectivity index is 1.67. The van der Waals surface area contributed by atoms with Gasteiger partial charge < -0.3 is 14.9 Å². The van der Waals surface area contributed by atoms with Crippen LogP contribution in [0.1, 0.15) is 26.4 Å². The van der Waals surface area contributed by atoms with Crippen LogP contribution >= 0.6 is 11.6 Å². The van der Waals surface area contributed by atoms with Gasteiger partial charge >= 0.3 is 5.97 Å². The summed E-state index contributed by atoms with van der Waals surface area (Å²) in [6, 6.07) is 24.6. The van der Waals surface area contributed by atoms with Gasteiger partial charge in [0.2, 0.25) is 5.78 Å². The number of ketones is 1. The fraction of sp³-hybridized carbons (Fsp3) is 0.0690. The molecule has 1 heterocycles. The number of rotatable bonds is 8. The Hall–Kier alpha value is -4.60. The molecule has 0 fully saturated rings. The number of anilines is 4. The van der Waals surface area contributed by atoms with Gasteiger partial charge in [-0.2, -0.15) is 0 Å². The van der Waals surface area contributed by atoms with E-state index in [-0.39, 0.29) is 23.4 Å². The zero-order valence-corrected chi connectivity index (χ0v) is 20.2. The highest BCUT2D eigenvalue weighted by Crippen LogP contribution is 2.29. The molecule has 1 aromatic heterocycles. The molecule has 6 nitrogen and oxygen atoms in total. The smallest absolute Gasteiger partial charge is 0.335 e. The molecular weight excluding hydrogens is 474 g/mol. The van der Waals surface area contributed by atoms with Gasteiger partial charge in [0.05, 0.1) is 24.0 Å². The molecule has 178 valence electrons. The van der Waals surface area contributed by atoms with Crippen molar-refractivity contribution in [2.75, 3.05) is 23.4 Å². The quantitative estimate of drug-likeness (QED) is 0.231. The monoisotopic (exact) mass is 495 g/mol. The van der Waals surface area contributed by atoms with Crippen LogP contribution in [-0.2, 0) is 0 Å². The number of hydrogen-bond donors (Lipinski definition) is 1. The largest absolute Gasteiger partial charge is 0.478 e. The second-order valence-corrected chi connectivity index (χ2v) is 8.40. The van der Waals surface area contributed by atoms with Crippen LogP contribution in [0.4, 0.5) is 22.7 Å². The Bertz CT molecular complexity index is 1430. The first-order chi connectivity index (χ1) is 17.4. The normalized spacial score (nSPS) is 10.4. The highest BCUT2D eigenvalue weighted by molar-refractivity contribution is 6.30. The molecule has 0 atom stereocenters. The van der Waals surface area contributed by atoms with Crippen molar-refractivity contribution in [3.05, 3.63) is 113 Å². The van der Waals surface area contributed by atoms with Gasteiger partial charge in [-0.1, -0.05) is 35.7 Å². The van der Waals surface area contributed by atoms with E-state index >= 15 is 0 Å². The van der Waals surface area contributed by atoms with Crippen LogP contribution in [0.2, 0.25) is 5.02 Å². The number of aromatic nitrogens is 1. The van der Waals surface area contributed by atoms with E-state index in [0.717, 1.165) is 17.1 Å². The Morgan fingerprint density at radius 1 is 0.889 bits per heavy atom. The number of hydrogen-bond acceptors (Lipinski definition) is 5. The Kier molecular flexibility index (Phi) is 7.33. The number of carboxylic acids is 1. The van der Waals surface area contributed by atoms with Gasteiger partial charge in [-0.3, -0.25) is 9.78 Å². The molecule has 0 saturated heterocycles. The maximum atomic E-state index is 13.3. The number of carboxylic acid groups (broad SMARTS) is 1. The summed E-state index contributed by atoms with van der Waals surface area (Å²) >= 11 is 5.97. The summed E-state index contributed by atoms with van der Waals surface area (Å²) in [5.41, 5.74) is 3.35. The lowest BCUT2D eigenvalue weighted by atomic mass is 10.0. The average molecular weight is 496 g/mol. The van der Waals surface area contributed by atoms with Crippen LogP contribution < -0.4 is 9.80 Å². The molecule has 7 heteroatoms. The number of aromatic carboxylic acids is 1. The van der Waals surface area contributed by atoms with Gasteiger partial charge in [0.1, 0.15) is 5.69 Å². The van der Waals surface area contributed by atoms with Gasteiger partial charge in [-0.05, 0) is 66.7 Å². The van der Waals surface area contributed by atoms with Crippen molar-refractivity contribution in [3.8, 4) is 12.3 Å². The van der Waals surface area contributed by atoms with Crippen molar-refractivity contribution in [3.63, 3.8) is 0 Å². The molecule has 4 aromatic rings. The molecule has 36 heavy (non-hydrogen) atoms. The predicted octanol–water partition coefficient (Wildman–Crippen LogP) is 6.20. The molecule has 1 N–H and O–H groups in total. The third-order valence-corrected chi connectivity index (χ3v) is 5.89. The number of carbonyl (C=O) groups excluding carboxylic acids is 1. The standard InChI is InChI=1S/C29H22ClN3O3/c1-3-15-33(24-7-5-4-6-8-24)26-17-20(16-21(18-26)29(35)36)28(34)27-14-13-25(19-31-27)32(2)23-11-9-22(30)10-12-23/h1,4-14,16-19H,15H2,2H3,(H,35,36). The number of terminal acetylenes is 1. The summed E-state index contributed by atoms with van der Waals surface area (Å²) in [4.78, 5) is 33.2. The number of para-hydroxylation sites is 1. The summed E-state index contributed by atoms with van der Waals surface area (Å²) in [5, 5.41) is 10.3.